The van der Waals surface area contributed by atoms with Crippen molar-refractivity contribution in [2.45, 2.75) is 6.61 Å². The fraction of sp³-hybridized carbons (Fsp3) is 0.200. The molecule has 0 aliphatic rings. The van der Waals surface area contributed by atoms with E-state index in [1.807, 2.05) is 0 Å². The molecule has 1 rings (SSSR count). The van der Waals surface area contributed by atoms with E-state index in [2.05, 4.69) is 4.74 Å². The second-order valence-electron chi connectivity index (χ2n) is 2.70. The smallest absolute Gasteiger partial charge is 0.387 e. The molecule has 0 aliphatic heterocycles. The van der Waals surface area contributed by atoms with Gasteiger partial charge < -0.3 is 10.5 Å². The molecule has 0 atom stereocenters. The van der Waals surface area contributed by atoms with Crippen molar-refractivity contribution in [2.75, 3.05) is 6.54 Å². The van der Waals surface area contributed by atoms with Crippen molar-refractivity contribution in [1.29, 1.82) is 0 Å². The highest BCUT2D eigenvalue weighted by atomic mass is 19.3. The van der Waals surface area contributed by atoms with Crippen LogP contribution < -0.4 is 10.5 Å². The maximum Gasteiger partial charge on any atom is 0.387 e. The predicted octanol–water partition coefficient (Wildman–Crippen LogP) is 2.40. The van der Waals surface area contributed by atoms with Gasteiger partial charge in [0.05, 0.1) is 0 Å². The summed E-state index contributed by atoms with van der Waals surface area (Å²) >= 11 is 0. The van der Waals surface area contributed by atoms with E-state index in [1.165, 1.54) is 12.1 Å². The number of hydrogen-bond donors (Lipinski definition) is 1. The van der Waals surface area contributed by atoms with Gasteiger partial charge in [-0.1, -0.05) is 12.2 Å². The lowest BCUT2D eigenvalue weighted by Crippen LogP contribution is -2.03. The summed E-state index contributed by atoms with van der Waals surface area (Å²) in [7, 11) is 0. The minimum Gasteiger partial charge on any atom is -0.434 e. The Balaban J connectivity index is 2.97. The Morgan fingerprint density at radius 1 is 1.40 bits per heavy atom. The first-order valence-corrected chi connectivity index (χ1v) is 4.24. The predicted molar refractivity (Wildman–Crippen MR) is 51.1 cm³/mol. The number of alkyl halides is 2. The van der Waals surface area contributed by atoms with Gasteiger partial charge in [0.15, 0.2) is 0 Å². The van der Waals surface area contributed by atoms with Gasteiger partial charge in [-0.2, -0.15) is 8.78 Å². The van der Waals surface area contributed by atoms with Crippen LogP contribution in [-0.4, -0.2) is 13.2 Å². The first kappa shape index (κ1) is 11.6. The van der Waals surface area contributed by atoms with Gasteiger partial charge in [0.2, 0.25) is 0 Å². The van der Waals surface area contributed by atoms with Gasteiger partial charge in [0.1, 0.15) is 11.6 Å². The lowest BCUT2D eigenvalue weighted by Gasteiger charge is -2.07. The molecule has 2 nitrogen and oxygen atoms in total. The van der Waals surface area contributed by atoms with Crippen LogP contribution in [0.4, 0.5) is 13.2 Å². The van der Waals surface area contributed by atoms with Crippen molar-refractivity contribution in [3.8, 4) is 5.75 Å². The first-order valence-electron chi connectivity index (χ1n) is 4.24. The zero-order valence-electron chi connectivity index (χ0n) is 7.79. The highest BCUT2D eigenvalue weighted by Gasteiger charge is 2.08. The van der Waals surface area contributed by atoms with Crippen molar-refractivity contribution in [1.82, 2.24) is 0 Å². The van der Waals surface area contributed by atoms with Gasteiger partial charge in [-0.05, 0) is 12.1 Å². The number of hydrogen-bond acceptors (Lipinski definition) is 2. The fourth-order valence-corrected chi connectivity index (χ4v) is 1.04. The van der Waals surface area contributed by atoms with Gasteiger partial charge in [-0.15, -0.1) is 0 Å². The van der Waals surface area contributed by atoms with Crippen LogP contribution in [0.5, 0.6) is 5.75 Å². The van der Waals surface area contributed by atoms with Gasteiger partial charge in [-0.25, -0.2) is 4.39 Å². The minimum atomic E-state index is -2.98. The van der Waals surface area contributed by atoms with Gasteiger partial charge in [0, 0.05) is 18.2 Å². The van der Waals surface area contributed by atoms with Crippen molar-refractivity contribution < 1.29 is 17.9 Å². The summed E-state index contributed by atoms with van der Waals surface area (Å²) in [5.74, 6) is -0.828. The molecule has 0 saturated heterocycles. The van der Waals surface area contributed by atoms with E-state index in [0.29, 0.717) is 5.56 Å². The Hall–Kier alpha value is -1.49. The average Bonchev–Trinajstić information content (AvgIpc) is 2.16. The largest absolute Gasteiger partial charge is 0.434 e. The number of nitrogens with two attached hydrogens (primary N) is 1. The third-order valence-electron chi connectivity index (χ3n) is 1.63. The molecule has 1 aromatic carbocycles. The van der Waals surface area contributed by atoms with Gasteiger partial charge >= 0.3 is 6.61 Å². The van der Waals surface area contributed by atoms with Crippen LogP contribution in [-0.2, 0) is 0 Å². The standard InChI is InChI=1S/C10H10F3NO/c11-8-4-3-7(2-1-5-14)9(6-8)15-10(12)13/h1-4,6,10H,5,14H2. The van der Waals surface area contributed by atoms with Crippen molar-refractivity contribution in [3.05, 3.63) is 35.7 Å². The Kier molecular flexibility index (Phi) is 4.17. The van der Waals surface area contributed by atoms with Crippen LogP contribution in [0, 0.1) is 5.82 Å². The van der Waals surface area contributed by atoms with Crippen LogP contribution in [0.2, 0.25) is 0 Å². The minimum absolute atomic E-state index is 0.199. The maximum absolute atomic E-state index is 12.7. The summed E-state index contributed by atoms with van der Waals surface area (Å²) in [6.45, 7) is -2.71. The average molecular weight is 217 g/mol. The van der Waals surface area contributed by atoms with Crippen LogP contribution in [0.15, 0.2) is 24.3 Å². The first-order chi connectivity index (χ1) is 7.13. The van der Waals surface area contributed by atoms with E-state index in [-0.39, 0.29) is 12.3 Å². The highest BCUT2D eigenvalue weighted by molar-refractivity contribution is 5.57. The zero-order chi connectivity index (χ0) is 11.3. The Morgan fingerprint density at radius 2 is 2.13 bits per heavy atom. The van der Waals surface area contributed by atoms with Crippen molar-refractivity contribution in [3.63, 3.8) is 0 Å². The molecule has 0 amide bonds. The number of halogens is 3. The van der Waals surface area contributed by atoms with Crippen LogP contribution >= 0.6 is 0 Å². The normalized spacial score (nSPS) is 11.3. The SMILES string of the molecule is NCC=Cc1ccc(F)cc1OC(F)F. The van der Waals surface area contributed by atoms with Crippen LogP contribution in [0.3, 0.4) is 0 Å². The van der Waals surface area contributed by atoms with E-state index in [1.54, 1.807) is 6.08 Å². The molecule has 15 heavy (non-hydrogen) atoms. The summed E-state index contributed by atoms with van der Waals surface area (Å²) in [4.78, 5) is 0. The molecule has 0 bridgehead atoms. The zero-order valence-corrected chi connectivity index (χ0v) is 7.79. The van der Waals surface area contributed by atoms with Crippen LogP contribution in [0.1, 0.15) is 5.56 Å². The highest BCUT2D eigenvalue weighted by Crippen LogP contribution is 2.23. The Morgan fingerprint density at radius 3 is 2.73 bits per heavy atom. The number of ether oxygens (including phenoxy) is 1. The summed E-state index contributed by atoms with van der Waals surface area (Å²) < 4.78 is 40.8. The van der Waals surface area contributed by atoms with E-state index in [0.717, 1.165) is 12.1 Å². The van der Waals surface area contributed by atoms with E-state index in [4.69, 9.17) is 5.73 Å². The molecule has 0 heterocycles. The number of rotatable bonds is 4. The second kappa shape index (κ2) is 5.41. The molecule has 0 unspecified atom stereocenters. The molecule has 5 heteroatoms. The van der Waals surface area contributed by atoms with E-state index < -0.39 is 12.4 Å². The quantitative estimate of drug-likeness (QED) is 0.840. The van der Waals surface area contributed by atoms with Crippen LogP contribution in [0.25, 0.3) is 6.08 Å². The van der Waals surface area contributed by atoms with E-state index >= 15 is 0 Å². The second-order valence-corrected chi connectivity index (χ2v) is 2.70. The van der Waals surface area contributed by atoms with Gasteiger partial charge in [-0.3, -0.25) is 0 Å². The summed E-state index contributed by atoms with van der Waals surface area (Å²) in [6, 6.07) is 3.41. The summed E-state index contributed by atoms with van der Waals surface area (Å²) in [5, 5.41) is 0. The molecule has 0 fully saturated rings. The molecule has 0 aliphatic carbocycles. The molecule has 0 radical (unpaired) electrons. The third-order valence-corrected chi connectivity index (χ3v) is 1.63. The number of benzene rings is 1. The summed E-state index contributed by atoms with van der Waals surface area (Å²) in [5.41, 5.74) is 5.57. The molecule has 2 N–H and O–H groups in total. The van der Waals surface area contributed by atoms with E-state index in [9.17, 15) is 13.2 Å². The summed E-state index contributed by atoms with van der Waals surface area (Å²) in [6.07, 6.45) is 3.06. The van der Waals surface area contributed by atoms with Crippen molar-refractivity contribution >= 4 is 6.08 Å². The topological polar surface area (TPSA) is 35.2 Å². The van der Waals surface area contributed by atoms with Crippen molar-refractivity contribution in [2.24, 2.45) is 5.73 Å². The monoisotopic (exact) mass is 217 g/mol. The fourth-order valence-electron chi connectivity index (χ4n) is 1.04. The Labute approximate surface area is 85.2 Å². The Bertz CT molecular complexity index is 353. The maximum atomic E-state index is 12.7. The molecule has 0 aromatic heterocycles. The van der Waals surface area contributed by atoms with Gasteiger partial charge in [0.25, 0.3) is 0 Å². The third kappa shape index (κ3) is 3.63. The molecule has 82 valence electrons. The molecule has 1 aromatic rings. The molecule has 0 saturated carbocycles. The lowest BCUT2D eigenvalue weighted by molar-refractivity contribution is -0.0501. The molecular formula is C10H10F3NO. The molecular weight excluding hydrogens is 207 g/mol. The molecule has 0 spiro atoms. The lowest BCUT2D eigenvalue weighted by atomic mass is 10.2.